The highest BCUT2D eigenvalue weighted by Crippen LogP contribution is 2.13. The quantitative estimate of drug-likeness (QED) is 0.648. The van der Waals surface area contributed by atoms with Crippen LogP contribution < -0.4 is 10.6 Å². The van der Waals surface area contributed by atoms with Crippen LogP contribution in [0, 0.1) is 0 Å². The standard InChI is InChI=1S/C23H26N4O6/c1-2-32-23(31)25-19-10-6-7-17(15-19)21(29)33-16-20(28)26-11-13-27(14-12-26)22(30)24-18-8-4-3-5-9-18/h3-10,15H,2,11-14,16H2,1H3,(H,24,30)(H,25,31). The normalized spacial score (nSPS) is 13.1. The molecule has 0 atom stereocenters. The van der Waals surface area contributed by atoms with E-state index in [1.165, 1.54) is 12.1 Å². The van der Waals surface area contributed by atoms with E-state index in [4.69, 9.17) is 9.47 Å². The summed E-state index contributed by atoms with van der Waals surface area (Å²) in [5.74, 6) is -1.02. The second kappa shape index (κ2) is 11.5. The molecule has 1 aliphatic rings. The molecule has 0 unspecified atom stereocenters. The summed E-state index contributed by atoms with van der Waals surface area (Å²) in [6.45, 7) is 2.94. The van der Waals surface area contributed by atoms with Crippen molar-refractivity contribution in [3.8, 4) is 0 Å². The van der Waals surface area contributed by atoms with Gasteiger partial charge in [-0.2, -0.15) is 0 Å². The Kier molecular flexibility index (Phi) is 8.23. The summed E-state index contributed by atoms with van der Waals surface area (Å²) in [5.41, 5.74) is 1.27. The highest BCUT2D eigenvalue weighted by atomic mass is 16.5. The Balaban J connectivity index is 1.43. The number of nitrogens with one attached hydrogen (secondary N) is 2. The van der Waals surface area contributed by atoms with E-state index in [2.05, 4.69) is 10.6 Å². The lowest BCUT2D eigenvalue weighted by molar-refractivity contribution is -0.135. The Morgan fingerprint density at radius 3 is 2.18 bits per heavy atom. The summed E-state index contributed by atoms with van der Waals surface area (Å²) in [6.07, 6.45) is -0.630. The van der Waals surface area contributed by atoms with Crippen molar-refractivity contribution in [3.63, 3.8) is 0 Å². The maximum atomic E-state index is 12.4. The molecule has 0 aliphatic carbocycles. The fourth-order valence-electron chi connectivity index (χ4n) is 3.19. The van der Waals surface area contributed by atoms with Gasteiger partial charge in [-0.1, -0.05) is 24.3 Å². The highest BCUT2D eigenvalue weighted by Gasteiger charge is 2.25. The van der Waals surface area contributed by atoms with Crippen LogP contribution in [0.4, 0.5) is 21.0 Å². The third kappa shape index (κ3) is 6.96. The number of hydrogen-bond donors (Lipinski definition) is 2. The first kappa shape index (κ1) is 23.6. The van der Waals surface area contributed by atoms with Crippen LogP contribution in [0.2, 0.25) is 0 Å². The van der Waals surface area contributed by atoms with Crippen molar-refractivity contribution in [1.82, 2.24) is 9.80 Å². The van der Waals surface area contributed by atoms with Crippen molar-refractivity contribution >= 4 is 35.4 Å². The Labute approximate surface area is 191 Å². The summed E-state index contributed by atoms with van der Waals surface area (Å²) >= 11 is 0. The molecule has 4 amide bonds. The zero-order valence-corrected chi connectivity index (χ0v) is 18.3. The first-order chi connectivity index (χ1) is 16.0. The monoisotopic (exact) mass is 454 g/mol. The lowest BCUT2D eigenvalue weighted by Gasteiger charge is -2.34. The average molecular weight is 454 g/mol. The van der Waals surface area contributed by atoms with Gasteiger partial charge in [0.05, 0.1) is 12.2 Å². The number of rotatable bonds is 6. The number of ether oxygens (including phenoxy) is 2. The second-order valence-electron chi connectivity index (χ2n) is 7.17. The molecule has 2 aromatic carbocycles. The largest absolute Gasteiger partial charge is 0.452 e. The molecule has 0 radical (unpaired) electrons. The molecule has 0 aromatic heterocycles. The van der Waals surface area contributed by atoms with Gasteiger partial charge in [-0.05, 0) is 37.3 Å². The number of nitrogens with zero attached hydrogens (tertiary/aromatic N) is 2. The van der Waals surface area contributed by atoms with Crippen molar-refractivity contribution < 1.29 is 28.7 Å². The number of hydrogen-bond acceptors (Lipinski definition) is 6. The fourth-order valence-corrected chi connectivity index (χ4v) is 3.19. The van der Waals surface area contributed by atoms with Crippen molar-refractivity contribution in [2.45, 2.75) is 6.92 Å². The average Bonchev–Trinajstić information content (AvgIpc) is 2.83. The zero-order valence-electron chi connectivity index (χ0n) is 18.3. The first-order valence-corrected chi connectivity index (χ1v) is 10.6. The van der Waals surface area contributed by atoms with Gasteiger partial charge in [0.15, 0.2) is 6.61 Å². The second-order valence-corrected chi connectivity index (χ2v) is 7.17. The minimum atomic E-state index is -0.684. The minimum Gasteiger partial charge on any atom is -0.452 e. The van der Waals surface area contributed by atoms with Crippen LogP contribution in [-0.4, -0.2) is 73.2 Å². The molecule has 10 heteroatoms. The van der Waals surface area contributed by atoms with Gasteiger partial charge in [-0.3, -0.25) is 10.1 Å². The lowest BCUT2D eigenvalue weighted by Crippen LogP contribution is -2.52. The Morgan fingerprint density at radius 2 is 1.48 bits per heavy atom. The topological polar surface area (TPSA) is 117 Å². The van der Waals surface area contributed by atoms with E-state index >= 15 is 0 Å². The smallest absolute Gasteiger partial charge is 0.411 e. The van der Waals surface area contributed by atoms with Gasteiger partial charge < -0.3 is 24.6 Å². The number of urea groups is 1. The number of carbonyl (C=O) groups excluding carboxylic acids is 4. The zero-order chi connectivity index (χ0) is 23.6. The number of carbonyl (C=O) groups is 4. The fraction of sp³-hybridized carbons (Fsp3) is 0.304. The summed E-state index contributed by atoms with van der Waals surface area (Å²) in [4.78, 5) is 51.8. The van der Waals surface area contributed by atoms with Gasteiger partial charge >= 0.3 is 18.1 Å². The number of anilines is 2. The molecule has 1 aliphatic heterocycles. The van der Waals surface area contributed by atoms with Gasteiger partial charge in [-0.25, -0.2) is 14.4 Å². The summed E-state index contributed by atoms with van der Waals surface area (Å²) in [6, 6.07) is 15.1. The van der Waals surface area contributed by atoms with Gasteiger partial charge in [-0.15, -0.1) is 0 Å². The molecule has 2 N–H and O–H groups in total. The van der Waals surface area contributed by atoms with Crippen LogP contribution >= 0.6 is 0 Å². The lowest BCUT2D eigenvalue weighted by atomic mass is 10.2. The number of piperazine rings is 1. The van der Waals surface area contributed by atoms with Gasteiger partial charge in [0, 0.05) is 37.6 Å². The number of para-hydroxylation sites is 1. The van der Waals surface area contributed by atoms with E-state index in [9.17, 15) is 19.2 Å². The van der Waals surface area contributed by atoms with Gasteiger partial charge in [0.2, 0.25) is 0 Å². The molecule has 1 fully saturated rings. The number of amides is 4. The Hall–Kier alpha value is -4.08. The first-order valence-electron chi connectivity index (χ1n) is 10.6. The number of benzene rings is 2. The predicted molar refractivity (Wildman–Crippen MR) is 121 cm³/mol. The predicted octanol–water partition coefficient (Wildman–Crippen LogP) is 2.79. The Bertz CT molecular complexity index is 989. The van der Waals surface area contributed by atoms with E-state index in [1.54, 1.807) is 41.0 Å². The number of esters is 1. The highest BCUT2D eigenvalue weighted by molar-refractivity contribution is 5.94. The van der Waals surface area contributed by atoms with E-state index in [0.717, 1.165) is 0 Å². The minimum absolute atomic E-state index is 0.194. The van der Waals surface area contributed by atoms with E-state index in [1.807, 2.05) is 18.2 Å². The van der Waals surface area contributed by atoms with Crippen LogP contribution in [0.1, 0.15) is 17.3 Å². The van der Waals surface area contributed by atoms with Crippen LogP contribution in [0.15, 0.2) is 54.6 Å². The molecule has 174 valence electrons. The molecule has 3 rings (SSSR count). The molecule has 10 nitrogen and oxygen atoms in total. The van der Waals surface area contributed by atoms with Crippen molar-refractivity contribution in [2.24, 2.45) is 0 Å². The third-order valence-corrected chi connectivity index (χ3v) is 4.89. The molecule has 1 saturated heterocycles. The molecule has 0 saturated carbocycles. The van der Waals surface area contributed by atoms with Crippen molar-refractivity contribution in [1.29, 1.82) is 0 Å². The van der Waals surface area contributed by atoms with Crippen LogP contribution in [-0.2, 0) is 14.3 Å². The molecule has 0 spiro atoms. The molecular formula is C23H26N4O6. The van der Waals surface area contributed by atoms with Crippen LogP contribution in [0.25, 0.3) is 0 Å². The van der Waals surface area contributed by atoms with Crippen LogP contribution in [0.5, 0.6) is 0 Å². The van der Waals surface area contributed by atoms with E-state index in [0.29, 0.717) is 37.6 Å². The molecule has 33 heavy (non-hydrogen) atoms. The van der Waals surface area contributed by atoms with E-state index in [-0.39, 0.29) is 24.1 Å². The molecular weight excluding hydrogens is 428 g/mol. The summed E-state index contributed by atoms with van der Waals surface area (Å²) < 4.78 is 9.94. The molecule has 1 heterocycles. The van der Waals surface area contributed by atoms with Crippen LogP contribution in [0.3, 0.4) is 0 Å². The summed E-state index contributed by atoms with van der Waals surface area (Å²) in [5, 5.41) is 5.32. The van der Waals surface area contributed by atoms with Gasteiger partial charge in [0.1, 0.15) is 0 Å². The van der Waals surface area contributed by atoms with Gasteiger partial charge in [0.25, 0.3) is 5.91 Å². The van der Waals surface area contributed by atoms with E-state index < -0.39 is 18.7 Å². The maximum absolute atomic E-state index is 12.4. The maximum Gasteiger partial charge on any atom is 0.411 e. The Morgan fingerprint density at radius 1 is 0.818 bits per heavy atom. The van der Waals surface area contributed by atoms with Crippen molar-refractivity contribution in [3.05, 3.63) is 60.2 Å². The SMILES string of the molecule is CCOC(=O)Nc1cccc(C(=O)OCC(=O)N2CCN(C(=O)Nc3ccccc3)CC2)c1. The van der Waals surface area contributed by atoms with Crippen molar-refractivity contribution in [2.75, 3.05) is 50.0 Å². The third-order valence-electron chi connectivity index (χ3n) is 4.89. The summed E-state index contributed by atoms with van der Waals surface area (Å²) in [7, 11) is 0. The molecule has 2 aromatic rings. The molecule has 0 bridgehead atoms.